The minimum atomic E-state index is 1.06. The van der Waals surface area contributed by atoms with Crippen LogP contribution in [-0.2, 0) is 0 Å². The zero-order chi connectivity index (χ0) is 9.80. The van der Waals surface area contributed by atoms with Crippen LogP contribution in [0.3, 0.4) is 0 Å². The zero-order valence-electron chi connectivity index (χ0n) is 8.72. The maximum atomic E-state index is 3.40. The Hall–Kier alpha value is -1.08. The lowest BCUT2D eigenvalue weighted by atomic mass is 10.0. The Bertz CT molecular complexity index is 331. The first kappa shape index (κ1) is 9.47. The summed E-state index contributed by atoms with van der Waals surface area (Å²) >= 11 is 0. The number of benzene rings is 1. The van der Waals surface area contributed by atoms with Gasteiger partial charge in [0.1, 0.15) is 0 Å². The highest BCUT2D eigenvalue weighted by Gasteiger charge is 2.03. The number of piperidine rings is 1. The molecule has 0 radical (unpaired) electrons. The van der Waals surface area contributed by atoms with Gasteiger partial charge in [0, 0.05) is 6.54 Å². The lowest BCUT2D eigenvalue weighted by molar-refractivity contribution is 0.613. The number of aryl methyl sites for hydroxylation is 1. The average molecular weight is 187 g/mol. The van der Waals surface area contributed by atoms with Crippen molar-refractivity contribution in [1.29, 1.82) is 0 Å². The topological polar surface area (TPSA) is 12.0 Å². The van der Waals surface area contributed by atoms with Gasteiger partial charge in [0.25, 0.3) is 0 Å². The Balaban J connectivity index is 2.15. The first-order chi connectivity index (χ1) is 6.84. The summed E-state index contributed by atoms with van der Waals surface area (Å²) < 4.78 is 0. The molecule has 74 valence electrons. The summed E-state index contributed by atoms with van der Waals surface area (Å²) in [4.78, 5) is 0. The molecule has 2 rings (SSSR count). The summed E-state index contributed by atoms with van der Waals surface area (Å²) in [6.45, 7) is 4.38. The minimum Gasteiger partial charge on any atom is -0.313 e. The molecule has 1 fully saturated rings. The van der Waals surface area contributed by atoms with E-state index in [0.717, 1.165) is 6.54 Å². The molecule has 1 aromatic rings. The van der Waals surface area contributed by atoms with Crippen LogP contribution < -0.4 is 5.32 Å². The lowest BCUT2D eigenvalue weighted by Gasteiger charge is -2.15. The van der Waals surface area contributed by atoms with Gasteiger partial charge in [-0.25, -0.2) is 0 Å². The molecule has 0 unspecified atom stereocenters. The molecule has 0 amide bonds. The molecular weight excluding hydrogens is 170 g/mol. The van der Waals surface area contributed by atoms with E-state index in [1.165, 1.54) is 36.1 Å². The molecule has 0 saturated carbocycles. The molecule has 1 nitrogen and oxygen atoms in total. The van der Waals surface area contributed by atoms with Gasteiger partial charge in [0.05, 0.1) is 0 Å². The van der Waals surface area contributed by atoms with E-state index in [-0.39, 0.29) is 0 Å². The number of hydrogen-bond acceptors (Lipinski definition) is 1. The van der Waals surface area contributed by atoms with Crippen LogP contribution in [0.2, 0.25) is 0 Å². The molecule has 1 heterocycles. The predicted molar refractivity (Wildman–Crippen MR) is 61.3 cm³/mol. The molecule has 1 aliphatic rings. The molecule has 0 spiro atoms. The van der Waals surface area contributed by atoms with Crippen molar-refractivity contribution >= 4 is 6.08 Å². The fourth-order valence-electron chi connectivity index (χ4n) is 1.90. The van der Waals surface area contributed by atoms with E-state index in [1.54, 1.807) is 0 Å². The predicted octanol–water partition coefficient (Wildman–Crippen LogP) is 2.76. The van der Waals surface area contributed by atoms with Crippen LogP contribution >= 0.6 is 0 Å². The van der Waals surface area contributed by atoms with E-state index in [4.69, 9.17) is 0 Å². The van der Waals surface area contributed by atoms with Crippen molar-refractivity contribution in [2.75, 3.05) is 13.1 Å². The van der Waals surface area contributed by atoms with Crippen LogP contribution in [0.15, 0.2) is 29.8 Å². The monoisotopic (exact) mass is 187 g/mol. The van der Waals surface area contributed by atoms with Crippen LogP contribution in [0.5, 0.6) is 0 Å². The molecule has 1 saturated heterocycles. The van der Waals surface area contributed by atoms with Gasteiger partial charge in [-0.3, -0.25) is 0 Å². The van der Waals surface area contributed by atoms with E-state index in [9.17, 15) is 0 Å². The third-order valence-electron chi connectivity index (χ3n) is 2.62. The molecule has 0 aliphatic carbocycles. The quantitative estimate of drug-likeness (QED) is 0.713. The number of nitrogens with one attached hydrogen (secondary N) is 1. The van der Waals surface area contributed by atoms with Gasteiger partial charge >= 0.3 is 0 Å². The third-order valence-corrected chi connectivity index (χ3v) is 2.62. The number of rotatable bonds is 1. The zero-order valence-corrected chi connectivity index (χ0v) is 8.72. The van der Waals surface area contributed by atoms with Crippen LogP contribution in [0.4, 0.5) is 0 Å². The van der Waals surface area contributed by atoms with Gasteiger partial charge in [-0.05, 0) is 31.9 Å². The van der Waals surface area contributed by atoms with Gasteiger partial charge in [-0.1, -0.05) is 41.5 Å². The molecule has 1 N–H and O–H groups in total. The first-order valence-electron chi connectivity index (χ1n) is 5.31. The van der Waals surface area contributed by atoms with Crippen LogP contribution in [0.25, 0.3) is 6.08 Å². The molecule has 0 atom stereocenters. The second-order valence-electron chi connectivity index (χ2n) is 4.00. The van der Waals surface area contributed by atoms with Crippen molar-refractivity contribution in [3.05, 3.63) is 41.0 Å². The van der Waals surface area contributed by atoms with Gasteiger partial charge in [0.15, 0.2) is 0 Å². The van der Waals surface area contributed by atoms with E-state index >= 15 is 0 Å². The lowest BCUT2D eigenvalue weighted by Crippen LogP contribution is -2.23. The van der Waals surface area contributed by atoms with Crippen LogP contribution in [-0.4, -0.2) is 13.1 Å². The van der Waals surface area contributed by atoms with E-state index in [0.29, 0.717) is 0 Å². The fraction of sp³-hybridized carbons (Fsp3) is 0.385. The van der Waals surface area contributed by atoms with Gasteiger partial charge in [0.2, 0.25) is 0 Å². The van der Waals surface area contributed by atoms with Crippen LogP contribution in [0.1, 0.15) is 24.0 Å². The second kappa shape index (κ2) is 4.43. The molecule has 0 aromatic heterocycles. The van der Waals surface area contributed by atoms with Crippen molar-refractivity contribution < 1.29 is 0 Å². The van der Waals surface area contributed by atoms with Crippen molar-refractivity contribution in [3.8, 4) is 0 Å². The Morgan fingerprint density at radius 3 is 3.00 bits per heavy atom. The third kappa shape index (κ3) is 2.46. The van der Waals surface area contributed by atoms with Crippen molar-refractivity contribution in [2.45, 2.75) is 19.8 Å². The van der Waals surface area contributed by atoms with Crippen molar-refractivity contribution in [3.63, 3.8) is 0 Å². The summed E-state index contributed by atoms with van der Waals surface area (Å²) in [5, 5.41) is 3.40. The Morgan fingerprint density at radius 2 is 2.29 bits per heavy atom. The average Bonchev–Trinajstić information content (AvgIpc) is 2.19. The van der Waals surface area contributed by atoms with Crippen LogP contribution in [0, 0.1) is 6.92 Å². The summed E-state index contributed by atoms with van der Waals surface area (Å²) in [7, 11) is 0. The molecular formula is C13H17N. The minimum absolute atomic E-state index is 1.06. The van der Waals surface area contributed by atoms with Crippen molar-refractivity contribution in [2.24, 2.45) is 0 Å². The second-order valence-corrected chi connectivity index (χ2v) is 4.00. The summed E-state index contributed by atoms with van der Waals surface area (Å²) in [5.74, 6) is 0. The van der Waals surface area contributed by atoms with E-state index in [1.807, 2.05) is 0 Å². The van der Waals surface area contributed by atoms with Gasteiger partial charge < -0.3 is 5.32 Å². The Kier molecular flexibility index (Phi) is 3.00. The maximum Gasteiger partial charge on any atom is 0.0167 e. The summed E-state index contributed by atoms with van der Waals surface area (Å²) in [5.41, 5.74) is 4.20. The highest BCUT2D eigenvalue weighted by Crippen LogP contribution is 2.14. The molecule has 1 heteroatoms. The van der Waals surface area contributed by atoms with Crippen molar-refractivity contribution in [1.82, 2.24) is 5.32 Å². The first-order valence-corrected chi connectivity index (χ1v) is 5.31. The molecule has 0 bridgehead atoms. The highest BCUT2D eigenvalue weighted by molar-refractivity contribution is 5.54. The molecule has 1 aromatic carbocycles. The fourth-order valence-corrected chi connectivity index (χ4v) is 1.90. The molecule has 1 aliphatic heterocycles. The highest BCUT2D eigenvalue weighted by atomic mass is 14.9. The Labute approximate surface area is 85.8 Å². The van der Waals surface area contributed by atoms with Gasteiger partial charge in [-0.15, -0.1) is 0 Å². The summed E-state index contributed by atoms with van der Waals surface area (Å²) in [6.07, 6.45) is 4.84. The molecule has 14 heavy (non-hydrogen) atoms. The standard InChI is InChI=1S/C13H17N/c1-11-4-2-5-12(8-11)9-13-6-3-7-14-10-13/h2,4-5,8-9,14H,3,6-7,10H2,1H3. The van der Waals surface area contributed by atoms with Gasteiger partial charge in [-0.2, -0.15) is 0 Å². The Morgan fingerprint density at radius 1 is 1.36 bits per heavy atom. The number of hydrogen-bond donors (Lipinski definition) is 1. The van der Waals surface area contributed by atoms with E-state index in [2.05, 4.69) is 42.6 Å². The largest absolute Gasteiger partial charge is 0.313 e. The summed E-state index contributed by atoms with van der Waals surface area (Å²) in [6, 6.07) is 8.68. The smallest absolute Gasteiger partial charge is 0.0167 e. The normalized spacial score (nSPS) is 19.9. The van der Waals surface area contributed by atoms with E-state index < -0.39 is 0 Å². The maximum absolute atomic E-state index is 3.40. The SMILES string of the molecule is Cc1cccc(C=C2CCCNC2)c1.